The highest BCUT2D eigenvalue weighted by Gasteiger charge is 2.33. The summed E-state index contributed by atoms with van der Waals surface area (Å²) in [4.78, 5) is 28.4. The Kier molecular flexibility index (Phi) is 6.25. The summed E-state index contributed by atoms with van der Waals surface area (Å²) in [5.41, 5.74) is 5.46. The molecular weight excluding hydrogens is 486 g/mol. The van der Waals surface area contributed by atoms with Crippen molar-refractivity contribution in [1.82, 2.24) is 4.57 Å². The van der Waals surface area contributed by atoms with Crippen molar-refractivity contribution in [2.75, 3.05) is 18.6 Å². The smallest absolute Gasteiger partial charge is 0.341 e. The summed E-state index contributed by atoms with van der Waals surface area (Å²) in [7, 11) is -2.57. The Labute approximate surface area is 208 Å². The van der Waals surface area contributed by atoms with Gasteiger partial charge >= 0.3 is 5.97 Å². The number of fused-ring (bicyclic) bond motifs is 1. The zero-order valence-electron chi connectivity index (χ0n) is 20.4. The minimum atomic E-state index is -3.93. The largest absolute Gasteiger partial charge is 0.465 e. The molecule has 35 heavy (non-hydrogen) atoms. The average molecular weight is 514 g/mol. The Bertz CT molecular complexity index is 1530. The number of amides is 1. The molecule has 0 unspecified atom stereocenters. The van der Waals surface area contributed by atoms with Crippen molar-refractivity contribution in [3.05, 3.63) is 62.8 Å². The van der Waals surface area contributed by atoms with Gasteiger partial charge in [0.25, 0.3) is 5.91 Å². The first-order valence-corrected chi connectivity index (χ1v) is 13.3. The van der Waals surface area contributed by atoms with Crippen molar-refractivity contribution in [1.29, 1.82) is 0 Å². The van der Waals surface area contributed by atoms with E-state index in [1.807, 2.05) is 45.3 Å². The van der Waals surface area contributed by atoms with Crippen molar-refractivity contribution >= 4 is 50.6 Å². The number of nitrogens with zero attached hydrogens (tertiary/aromatic N) is 2. The van der Waals surface area contributed by atoms with Crippen LogP contribution in [0.25, 0.3) is 16.7 Å². The van der Waals surface area contributed by atoms with E-state index in [9.17, 15) is 18.0 Å². The molecule has 0 aliphatic carbocycles. The van der Waals surface area contributed by atoms with E-state index in [1.54, 1.807) is 17.0 Å². The summed E-state index contributed by atoms with van der Waals surface area (Å²) in [6.07, 6.45) is 1.77. The summed E-state index contributed by atoms with van der Waals surface area (Å²) in [6.45, 7) is 10.0. The standard InChI is InChI=1S/C25H27N3O5S2/c1-7-27-21-9-8-18(35(26,31)32)12-19(21)20(23(27)29)11-17-10-13(2)28(15(17)4)24-22(25(30)33-6)14(3)16(5)34-24/h8-12H,7H2,1-6H3,(H2,26,31,32)/b20-11+. The van der Waals surface area contributed by atoms with Crippen molar-refractivity contribution in [2.45, 2.75) is 39.5 Å². The van der Waals surface area contributed by atoms with E-state index >= 15 is 0 Å². The normalized spacial score (nSPS) is 14.7. The highest BCUT2D eigenvalue weighted by atomic mass is 32.2. The lowest BCUT2D eigenvalue weighted by molar-refractivity contribution is -0.112. The number of carbonyl (C=O) groups excluding carboxylic acids is 2. The first-order valence-electron chi connectivity index (χ1n) is 11.0. The molecule has 2 aromatic heterocycles. The molecule has 1 aromatic carbocycles. The first kappa shape index (κ1) is 24.9. The highest BCUT2D eigenvalue weighted by Crippen LogP contribution is 2.40. The Hall–Kier alpha value is -3.21. The molecular formula is C25H27N3O5S2. The van der Waals surface area contributed by atoms with Gasteiger partial charge in [-0.3, -0.25) is 4.79 Å². The molecule has 3 aromatic rings. The van der Waals surface area contributed by atoms with Crippen LogP contribution in [0.3, 0.4) is 0 Å². The summed E-state index contributed by atoms with van der Waals surface area (Å²) in [6, 6.07) is 6.42. The Morgan fingerprint density at radius 1 is 1.17 bits per heavy atom. The average Bonchev–Trinajstić information content (AvgIpc) is 3.35. The van der Waals surface area contributed by atoms with E-state index in [-0.39, 0.29) is 10.8 Å². The highest BCUT2D eigenvalue weighted by molar-refractivity contribution is 7.89. The minimum absolute atomic E-state index is 0.0503. The van der Waals surface area contributed by atoms with Crippen LogP contribution in [0.2, 0.25) is 0 Å². The van der Waals surface area contributed by atoms with Gasteiger partial charge in [-0.1, -0.05) is 0 Å². The predicted molar refractivity (Wildman–Crippen MR) is 138 cm³/mol. The van der Waals surface area contributed by atoms with Gasteiger partial charge in [0, 0.05) is 33.9 Å². The van der Waals surface area contributed by atoms with Crippen LogP contribution in [-0.4, -0.2) is 38.5 Å². The van der Waals surface area contributed by atoms with Crippen LogP contribution in [0.1, 0.15) is 50.2 Å². The number of benzene rings is 1. The zero-order valence-corrected chi connectivity index (χ0v) is 22.1. The molecule has 0 radical (unpaired) electrons. The maximum atomic E-state index is 13.3. The van der Waals surface area contributed by atoms with Gasteiger partial charge in [0.1, 0.15) is 5.00 Å². The number of hydrogen-bond acceptors (Lipinski definition) is 6. The molecule has 3 heterocycles. The van der Waals surface area contributed by atoms with Gasteiger partial charge in [0.2, 0.25) is 10.0 Å². The number of esters is 1. The third-order valence-electron chi connectivity index (χ3n) is 6.40. The molecule has 10 heteroatoms. The van der Waals surface area contributed by atoms with Crippen LogP contribution >= 0.6 is 11.3 Å². The quantitative estimate of drug-likeness (QED) is 0.408. The van der Waals surface area contributed by atoms with E-state index in [0.717, 1.165) is 32.4 Å². The second kappa shape index (κ2) is 8.78. The van der Waals surface area contributed by atoms with Crippen molar-refractivity contribution in [2.24, 2.45) is 5.14 Å². The predicted octanol–water partition coefficient (Wildman–Crippen LogP) is 4.11. The van der Waals surface area contributed by atoms with Gasteiger partial charge in [-0.05, 0) is 76.1 Å². The molecule has 0 saturated carbocycles. The summed E-state index contributed by atoms with van der Waals surface area (Å²) >= 11 is 1.51. The molecule has 0 bridgehead atoms. The molecule has 4 rings (SSSR count). The van der Waals surface area contributed by atoms with E-state index in [2.05, 4.69) is 0 Å². The number of hydrogen-bond donors (Lipinski definition) is 1. The Balaban J connectivity index is 1.91. The third-order valence-corrected chi connectivity index (χ3v) is 8.50. The van der Waals surface area contributed by atoms with Crippen LogP contribution in [0.4, 0.5) is 5.69 Å². The second-order valence-corrected chi connectivity index (χ2v) is 11.2. The molecule has 0 spiro atoms. The maximum absolute atomic E-state index is 13.3. The van der Waals surface area contributed by atoms with Gasteiger partial charge in [0.15, 0.2) is 0 Å². The summed E-state index contributed by atoms with van der Waals surface area (Å²) in [5.74, 6) is -0.611. The van der Waals surface area contributed by atoms with Crippen molar-refractivity contribution < 1.29 is 22.7 Å². The van der Waals surface area contributed by atoms with Crippen molar-refractivity contribution in [3.8, 4) is 5.00 Å². The lowest BCUT2D eigenvalue weighted by Gasteiger charge is -2.13. The second-order valence-electron chi connectivity index (χ2n) is 8.45. The van der Waals surface area contributed by atoms with Crippen LogP contribution in [0.15, 0.2) is 29.2 Å². The van der Waals surface area contributed by atoms with Gasteiger partial charge in [-0.15, -0.1) is 11.3 Å². The fourth-order valence-corrected chi connectivity index (χ4v) is 6.27. The number of methoxy groups -OCH3 is 1. The SMILES string of the molecule is CCN1C(=O)/C(=C/c2cc(C)n(-c3sc(C)c(C)c3C(=O)OC)c2C)c2cc(S(N)(=O)=O)ccc21. The fourth-order valence-electron chi connectivity index (χ4n) is 4.48. The third kappa shape index (κ3) is 4.01. The van der Waals surface area contributed by atoms with Gasteiger partial charge in [-0.2, -0.15) is 0 Å². The number of anilines is 1. The van der Waals surface area contributed by atoms with Gasteiger partial charge in [0.05, 0.1) is 23.3 Å². The number of likely N-dealkylation sites (N-methyl/N-ethyl adjacent to an activating group) is 1. The number of aryl methyl sites for hydroxylation is 2. The molecule has 8 nitrogen and oxygen atoms in total. The van der Waals surface area contributed by atoms with Crippen LogP contribution in [-0.2, 0) is 19.6 Å². The Morgan fingerprint density at radius 2 is 1.86 bits per heavy atom. The van der Waals surface area contributed by atoms with E-state index in [1.165, 1.54) is 30.6 Å². The van der Waals surface area contributed by atoms with Gasteiger partial charge < -0.3 is 14.2 Å². The summed E-state index contributed by atoms with van der Waals surface area (Å²) in [5, 5.41) is 6.10. The minimum Gasteiger partial charge on any atom is -0.465 e. The number of nitrogens with two attached hydrogens (primary N) is 1. The number of rotatable bonds is 5. The molecule has 1 aliphatic rings. The van der Waals surface area contributed by atoms with E-state index in [4.69, 9.17) is 9.88 Å². The van der Waals surface area contributed by atoms with Crippen LogP contribution in [0, 0.1) is 27.7 Å². The molecule has 1 amide bonds. The van der Waals surface area contributed by atoms with E-state index < -0.39 is 16.0 Å². The number of thiophene rings is 1. The lowest BCUT2D eigenvalue weighted by atomic mass is 10.0. The molecule has 184 valence electrons. The topological polar surface area (TPSA) is 112 Å². The monoisotopic (exact) mass is 513 g/mol. The lowest BCUT2D eigenvalue weighted by Crippen LogP contribution is -2.25. The van der Waals surface area contributed by atoms with Crippen LogP contribution in [0.5, 0.6) is 0 Å². The number of carbonyl (C=O) groups is 2. The molecule has 0 saturated heterocycles. The number of aromatic nitrogens is 1. The van der Waals surface area contributed by atoms with Crippen molar-refractivity contribution in [3.63, 3.8) is 0 Å². The molecule has 0 atom stereocenters. The zero-order chi connectivity index (χ0) is 25.8. The molecule has 2 N–H and O–H groups in total. The number of ether oxygens (including phenoxy) is 1. The fraction of sp³-hybridized carbons (Fsp3) is 0.280. The summed E-state index contributed by atoms with van der Waals surface area (Å²) < 4.78 is 30.9. The number of primary sulfonamides is 1. The van der Waals surface area contributed by atoms with Crippen LogP contribution < -0.4 is 10.0 Å². The van der Waals surface area contributed by atoms with Gasteiger partial charge in [-0.25, -0.2) is 18.4 Å². The Morgan fingerprint density at radius 3 is 2.46 bits per heavy atom. The maximum Gasteiger partial charge on any atom is 0.341 e. The van der Waals surface area contributed by atoms with E-state index in [0.29, 0.717) is 28.9 Å². The number of sulfonamides is 1. The molecule has 0 fully saturated rings. The molecule has 1 aliphatic heterocycles. The first-order chi connectivity index (χ1) is 16.4.